The molecule has 0 aliphatic heterocycles. The number of hydrogen-bond acceptors (Lipinski definition) is 15. The Balaban J connectivity index is 0.000000167. The molecule has 0 radical (unpaired) electrons. The summed E-state index contributed by atoms with van der Waals surface area (Å²) in [7, 11) is 6.42. The van der Waals surface area contributed by atoms with Crippen LogP contribution < -0.4 is 39.6 Å². The van der Waals surface area contributed by atoms with Gasteiger partial charge in [-0.05, 0) is 75.3 Å². The Morgan fingerprint density at radius 1 is 0.700 bits per heavy atom. The number of carbonyl (C=O) groups is 1. The molecule has 7 heterocycles. The van der Waals surface area contributed by atoms with E-state index in [4.69, 9.17) is 38.8 Å². The zero-order valence-electron chi connectivity index (χ0n) is 48.5. The number of unbranched alkanes of at least 4 members (excludes halogenated alkanes) is 5. The lowest BCUT2D eigenvalue weighted by atomic mass is 9.99. The van der Waals surface area contributed by atoms with Crippen molar-refractivity contribution >= 4 is 69.9 Å². The molecule has 10 aromatic rings. The minimum Gasteiger partial charge on any atom is -0.497 e. The van der Waals surface area contributed by atoms with Crippen LogP contribution in [0.1, 0.15) is 120 Å². The smallest absolute Gasteiger partial charge is 0.340 e. The topological polar surface area (TPSA) is 170 Å². The Morgan fingerprint density at radius 3 is 2.00 bits per heavy atom. The average Bonchev–Trinajstić information content (AvgIpc) is 4.41. The van der Waals surface area contributed by atoms with Gasteiger partial charge in [0.15, 0.2) is 39.3 Å². The van der Waals surface area contributed by atoms with Gasteiger partial charge in [0.2, 0.25) is 11.6 Å². The summed E-state index contributed by atoms with van der Waals surface area (Å²) in [5.74, 6) is 4.65. The molecule has 7 aromatic heterocycles. The molecule has 0 saturated heterocycles. The molecule has 0 bridgehead atoms. The second-order valence-electron chi connectivity index (χ2n) is 20.2. The quantitative estimate of drug-likeness (QED) is 0.0492. The molecule has 0 spiro atoms. The summed E-state index contributed by atoms with van der Waals surface area (Å²) in [4.78, 5) is 33.8. The fraction of sp³-hybridized carbons (Fsp3) is 0.387. The fourth-order valence-corrected chi connectivity index (χ4v) is 11.0. The predicted octanol–water partition coefficient (Wildman–Crippen LogP) is 11.2. The van der Waals surface area contributed by atoms with E-state index in [2.05, 4.69) is 105 Å². The van der Waals surface area contributed by atoms with E-state index in [0.717, 1.165) is 108 Å². The first kappa shape index (κ1) is 58.0. The molecule has 18 heteroatoms. The van der Waals surface area contributed by atoms with Crippen LogP contribution in [0.3, 0.4) is 0 Å². The number of hydrogen-bond donors (Lipinski definition) is 0. The lowest BCUT2D eigenvalue weighted by molar-refractivity contribution is 0.0495. The molecule has 0 unspecified atom stereocenters. The number of ether oxygens (including phenoxy) is 5. The largest absolute Gasteiger partial charge is 0.497 e. The first-order valence-electron chi connectivity index (χ1n) is 27.5. The maximum absolute atomic E-state index is 13.0. The van der Waals surface area contributed by atoms with Gasteiger partial charge >= 0.3 is 5.97 Å². The van der Waals surface area contributed by atoms with E-state index in [1.165, 1.54) is 25.7 Å². The number of carbonyl (C=O) groups excluding carboxylic acids is 1. The van der Waals surface area contributed by atoms with Gasteiger partial charge in [-0.2, -0.15) is 5.10 Å². The monoisotopic (exact) mass is 1100 g/mol. The van der Waals surface area contributed by atoms with Crippen molar-refractivity contribution in [1.29, 1.82) is 0 Å². The number of anilines is 1. The summed E-state index contributed by atoms with van der Waals surface area (Å²) in [6.45, 7) is 31.8. The highest BCUT2D eigenvalue weighted by molar-refractivity contribution is 7.18. The molecule has 17 nitrogen and oxygen atoms in total. The Hall–Kier alpha value is -8.12. The third kappa shape index (κ3) is 11.9. The Kier molecular flexibility index (Phi) is 18.7. The number of aromatic nitrogens is 10. The van der Waals surface area contributed by atoms with Crippen LogP contribution >= 0.6 is 11.3 Å². The molecule has 0 aliphatic carbocycles. The number of rotatable bonds is 21. The Labute approximate surface area is 471 Å². The number of benzene rings is 3. The molecular weight excluding hydrogens is 1030 g/mol. The van der Waals surface area contributed by atoms with Gasteiger partial charge in [-0.1, -0.05) is 128 Å². The Morgan fingerprint density at radius 2 is 1.36 bits per heavy atom. The summed E-state index contributed by atoms with van der Waals surface area (Å²) in [5.41, 5.74) is 8.71. The molecule has 0 N–H and O–H groups in total. The van der Waals surface area contributed by atoms with E-state index >= 15 is 0 Å². The molecule has 80 heavy (non-hydrogen) atoms. The van der Waals surface area contributed by atoms with Crippen LogP contribution in [0, 0.1) is 12.8 Å². The second-order valence-corrected chi connectivity index (χ2v) is 21.3. The van der Waals surface area contributed by atoms with Gasteiger partial charge in [0.1, 0.15) is 16.6 Å². The van der Waals surface area contributed by atoms with Crippen LogP contribution in [0.25, 0.3) is 80.9 Å². The summed E-state index contributed by atoms with van der Waals surface area (Å²) in [5, 5.41) is 19.1. The highest BCUT2D eigenvalue weighted by atomic mass is 32.1. The number of aryl methyl sites for hydroxylation is 1. The molecule has 0 amide bonds. The third-order valence-corrected chi connectivity index (χ3v) is 15.0. The van der Waals surface area contributed by atoms with Gasteiger partial charge in [-0.3, -0.25) is 0 Å². The maximum atomic E-state index is 13.0. The molecule has 0 fully saturated rings. The van der Waals surface area contributed by atoms with Gasteiger partial charge in [0, 0.05) is 51.7 Å². The third-order valence-electron chi connectivity index (χ3n) is 14.0. The van der Waals surface area contributed by atoms with Crippen LogP contribution in [0.2, 0.25) is 0 Å². The molecule has 10 rings (SSSR count). The highest BCUT2D eigenvalue weighted by Crippen LogP contribution is 2.41. The van der Waals surface area contributed by atoms with Crippen LogP contribution in [0.4, 0.5) is 5.00 Å². The maximum Gasteiger partial charge on any atom is 0.340 e. The van der Waals surface area contributed by atoms with E-state index in [0.29, 0.717) is 64.4 Å². The molecule has 420 valence electrons. The number of thiazole rings is 1. The minimum atomic E-state index is -0.318. The first-order valence-corrected chi connectivity index (χ1v) is 28.3. The lowest BCUT2D eigenvalue weighted by Gasteiger charge is -2.17. The van der Waals surface area contributed by atoms with Crippen LogP contribution in [-0.4, -0.2) is 103 Å². The van der Waals surface area contributed by atoms with Crippen LogP contribution in [0.5, 0.6) is 23.0 Å². The van der Waals surface area contributed by atoms with Gasteiger partial charge in [-0.25, -0.2) is 38.3 Å². The average molecular weight is 1100 g/mol. The predicted molar refractivity (Wildman–Crippen MR) is 321 cm³/mol. The summed E-state index contributed by atoms with van der Waals surface area (Å²) >= 11 is 1.58. The van der Waals surface area contributed by atoms with Crippen LogP contribution in [0.15, 0.2) is 66.9 Å². The molecule has 0 saturated carbocycles. The van der Waals surface area contributed by atoms with Crippen molar-refractivity contribution in [3.8, 4) is 56.3 Å². The van der Waals surface area contributed by atoms with Crippen molar-refractivity contribution in [2.75, 3.05) is 53.0 Å². The van der Waals surface area contributed by atoms with E-state index in [1.54, 1.807) is 44.3 Å². The van der Waals surface area contributed by atoms with Crippen molar-refractivity contribution in [2.45, 2.75) is 106 Å². The lowest BCUT2D eigenvalue weighted by Crippen LogP contribution is -2.20. The van der Waals surface area contributed by atoms with Crippen molar-refractivity contribution in [2.24, 2.45) is 5.92 Å². The van der Waals surface area contributed by atoms with E-state index in [1.807, 2.05) is 70.7 Å². The second kappa shape index (κ2) is 25.8. The fourth-order valence-electron chi connectivity index (χ4n) is 10.00. The number of esters is 1. The highest BCUT2D eigenvalue weighted by Gasteiger charge is 2.27. The van der Waals surface area contributed by atoms with Crippen molar-refractivity contribution < 1.29 is 28.5 Å². The minimum absolute atomic E-state index is 0.243. The number of fused-ring (bicyclic) bond motifs is 5. The SMILES string of the molecule is C=c1c(-c2ccccc2)c(C(C)C)n2nc(-c3cc(OC)c(OC)c(OC)c3)nc12.C=c1c(C(=O)OCCCCCCCC)c(CC(C)C)c2nc(-c3ncc(N(CC)CC)s3)nn12.C=c1c2ccc(OC)cc2n2nc(C)nc12. The summed E-state index contributed by atoms with van der Waals surface area (Å²) in [6.07, 6.45) is 9.49. The van der Waals surface area contributed by atoms with Gasteiger partial charge in [-0.15, -0.1) is 10.2 Å². The molecule has 0 aliphatic rings. The Bertz CT molecular complexity index is 3860. The first-order chi connectivity index (χ1) is 38.6. The normalized spacial score (nSPS) is 11.4. The van der Waals surface area contributed by atoms with Crippen molar-refractivity contribution in [3.63, 3.8) is 0 Å². The van der Waals surface area contributed by atoms with Gasteiger partial charge < -0.3 is 28.6 Å². The van der Waals surface area contributed by atoms with Crippen LogP contribution in [-0.2, 0) is 11.2 Å². The molecular formula is C62H75N11O6S. The zero-order valence-corrected chi connectivity index (χ0v) is 49.3. The van der Waals surface area contributed by atoms with Gasteiger partial charge in [0.25, 0.3) is 0 Å². The summed E-state index contributed by atoms with van der Waals surface area (Å²) in [6, 6.07) is 19.8. The van der Waals surface area contributed by atoms with Gasteiger partial charge in [0.05, 0.1) is 63.4 Å². The molecule has 0 atom stereocenters. The van der Waals surface area contributed by atoms with E-state index in [-0.39, 0.29) is 11.9 Å². The van der Waals surface area contributed by atoms with Crippen molar-refractivity contribution in [1.82, 2.24) is 48.8 Å². The van der Waals surface area contributed by atoms with E-state index in [9.17, 15) is 4.79 Å². The number of nitrogens with zero attached hydrogens (tertiary/aromatic N) is 11. The van der Waals surface area contributed by atoms with E-state index < -0.39 is 0 Å². The standard InChI is InChI=1S/C26H39N5O2S.C24H25N3O3.C12H11N3O/c1-7-10-11-12-13-14-15-33-26(32)22-19(6)31-24(20(22)16-18(4)5)28-23(29-31)25-27-17-21(34-25)30(8-2)9-3;1-14(2)21-20(16-10-8-7-9-11-16)15(3)24-25-23(26-27(21)24)17-12-18(28-4)22(30-6)19(13-17)29-5;1-7-10-5-4-9(16-3)6-11(10)15-12(7)13-8(2)14-15/h17-18H,6-16H2,1-5H3;7-14H,3H2,1-2,4-6H3;4-6H,1H2,2-3H3. The zero-order chi connectivity index (χ0) is 57.4. The summed E-state index contributed by atoms with van der Waals surface area (Å²) < 4.78 is 32.6. The van der Waals surface area contributed by atoms with Crippen molar-refractivity contribution in [3.05, 3.63) is 105 Å². The number of methoxy groups -OCH3 is 4. The molecule has 3 aromatic carbocycles.